The third kappa shape index (κ3) is 16.9. The van der Waals surface area contributed by atoms with Crippen molar-refractivity contribution in [3.05, 3.63) is 0 Å². The number of unbranched alkanes of at least 4 members (excludes halogenated alkanes) is 5. The number of aliphatic carboxylic acids is 1. The highest BCUT2D eigenvalue weighted by atomic mass is 16.6. The summed E-state index contributed by atoms with van der Waals surface area (Å²) in [5, 5.41) is 8.49. The topological polar surface area (TPSA) is 82.1 Å². The van der Waals surface area contributed by atoms with Crippen LogP contribution in [-0.4, -0.2) is 50.1 Å². The van der Waals surface area contributed by atoms with E-state index in [-0.39, 0.29) is 12.4 Å². The van der Waals surface area contributed by atoms with Gasteiger partial charge < -0.3 is 19.3 Å². The van der Waals surface area contributed by atoms with E-state index < -0.39 is 5.97 Å². The predicted molar refractivity (Wildman–Crippen MR) is 82.8 cm³/mol. The summed E-state index contributed by atoms with van der Waals surface area (Å²) in [4.78, 5) is 21.7. The molecular weight excluding hydrogens is 288 g/mol. The van der Waals surface area contributed by atoms with Gasteiger partial charge in [-0.2, -0.15) is 0 Å². The predicted octanol–water partition coefficient (Wildman–Crippen LogP) is 2.79. The highest BCUT2D eigenvalue weighted by Crippen LogP contribution is 2.09. The number of esters is 1. The van der Waals surface area contributed by atoms with Gasteiger partial charge in [0.2, 0.25) is 0 Å². The van der Waals surface area contributed by atoms with E-state index >= 15 is 0 Å². The van der Waals surface area contributed by atoms with Crippen LogP contribution in [0.3, 0.4) is 0 Å². The third-order valence-corrected chi connectivity index (χ3v) is 3.09. The summed E-state index contributed by atoms with van der Waals surface area (Å²) >= 11 is 0. The fourth-order valence-electron chi connectivity index (χ4n) is 1.90. The van der Waals surface area contributed by atoms with Gasteiger partial charge in [0.1, 0.15) is 6.61 Å². The van der Waals surface area contributed by atoms with Crippen molar-refractivity contribution in [3.63, 3.8) is 0 Å². The molecule has 0 saturated carbocycles. The second-order valence-electron chi connectivity index (χ2n) is 5.04. The Morgan fingerprint density at radius 2 is 1.32 bits per heavy atom. The molecule has 0 aliphatic heterocycles. The molecule has 0 heterocycles. The highest BCUT2D eigenvalue weighted by molar-refractivity contribution is 5.69. The number of carboxylic acids is 1. The standard InChI is InChI=1S/C16H30O6/c1-2-20-11-12-21-13-14-22-16(19)10-8-6-4-3-5-7-9-15(17)18/h2-14H2,1H3,(H,17,18). The van der Waals surface area contributed by atoms with Crippen molar-refractivity contribution in [2.45, 2.75) is 58.3 Å². The van der Waals surface area contributed by atoms with Crippen molar-refractivity contribution in [3.8, 4) is 0 Å². The summed E-state index contributed by atoms with van der Waals surface area (Å²) in [6.07, 6.45) is 6.23. The lowest BCUT2D eigenvalue weighted by atomic mass is 10.1. The summed E-state index contributed by atoms with van der Waals surface area (Å²) in [5.41, 5.74) is 0. The van der Waals surface area contributed by atoms with Gasteiger partial charge in [-0.15, -0.1) is 0 Å². The summed E-state index contributed by atoms with van der Waals surface area (Å²) in [6, 6.07) is 0. The van der Waals surface area contributed by atoms with Gasteiger partial charge in [-0.1, -0.05) is 25.7 Å². The Balaban J connectivity index is 3.17. The van der Waals surface area contributed by atoms with E-state index in [0.29, 0.717) is 39.5 Å². The molecule has 6 nitrogen and oxygen atoms in total. The van der Waals surface area contributed by atoms with Crippen molar-refractivity contribution in [1.29, 1.82) is 0 Å². The normalized spacial score (nSPS) is 10.6. The molecular formula is C16H30O6. The SMILES string of the molecule is CCOCCOCCOC(=O)CCCCCCCCC(=O)O. The zero-order chi connectivity index (χ0) is 16.5. The lowest BCUT2D eigenvalue weighted by Gasteiger charge is -2.06. The van der Waals surface area contributed by atoms with E-state index in [1.54, 1.807) is 0 Å². The summed E-state index contributed by atoms with van der Waals surface area (Å²) < 4.78 is 15.4. The van der Waals surface area contributed by atoms with Crippen molar-refractivity contribution in [1.82, 2.24) is 0 Å². The van der Waals surface area contributed by atoms with E-state index in [1.165, 1.54) is 0 Å². The van der Waals surface area contributed by atoms with Gasteiger partial charge >= 0.3 is 11.9 Å². The maximum absolute atomic E-state index is 11.4. The lowest BCUT2D eigenvalue weighted by Crippen LogP contribution is -2.12. The maximum atomic E-state index is 11.4. The Kier molecular flexibility index (Phi) is 15.4. The minimum absolute atomic E-state index is 0.181. The number of carbonyl (C=O) groups is 2. The zero-order valence-corrected chi connectivity index (χ0v) is 13.7. The van der Waals surface area contributed by atoms with Crippen LogP contribution in [0, 0.1) is 0 Å². The number of carbonyl (C=O) groups excluding carboxylic acids is 1. The second kappa shape index (κ2) is 16.2. The van der Waals surface area contributed by atoms with Crippen LogP contribution >= 0.6 is 0 Å². The van der Waals surface area contributed by atoms with Crippen molar-refractivity contribution in [2.75, 3.05) is 33.0 Å². The molecule has 1 N–H and O–H groups in total. The van der Waals surface area contributed by atoms with Crippen molar-refractivity contribution in [2.24, 2.45) is 0 Å². The Hall–Kier alpha value is -1.14. The molecule has 0 bridgehead atoms. The summed E-state index contributed by atoms with van der Waals surface area (Å²) in [7, 11) is 0. The van der Waals surface area contributed by atoms with Crippen LogP contribution in [0.4, 0.5) is 0 Å². The van der Waals surface area contributed by atoms with E-state index in [0.717, 1.165) is 38.5 Å². The van der Waals surface area contributed by atoms with E-state index in [2.05, 4.69) is 0 Å². The van der Waals surface area contributed by atoms with Gasteiger partial charge in [-0.25, -0.2) is 0 Å². The highest BCUT2D eigenvalue weighted by Gasteiger charge is 2.02. The molecule has 6 heteroatoms. The zero-order valence-electron chi connectivity index (χ0n) is 13.7. The van der Waals surface area contributed by atoms with Gasteiger partial charge in [-0.05, 0) is 19.8 Å². The number of carboxylic acid groups (broad SMARTS) is 1. The minimum Gasteiger partial charge on any atom is -0.481 e. The van der Waals surface area contributed by atoms with Gasteiger partial charge in [0.25, 0.3) is 0 Å². The molecule has 0 rings (SSSR count). The Morgan fingerprint density at radius 1 is 0.773 bits per heavy atom. The third-order valence-electron chi connectivity index (χ3n) is 3.09. The van der Waals surface area contributed by atoms with Gasteiger partial charge in [0.15, 0.2) is 0 Å². The van der Waals surface area contributed by atoms with Crippen LogP contribution in [0.5, 0.6) is 0 Å². The Labute approximate surface area is 133 Å². The van der Waals surface area contributed by atoms with E-state index in [9.17, 15) is 9.59 Å². The number of rotatable bonds is 16. The quantitative estimate of drug-likeness (QED) is 0.348. The molecule has 0 aromatic rings. The molecule has 0 aliphatic rings. The minimum atomic E-state index is -0.732. The molecule has 0 aromatic carbocycles. The first-order valence-electron chi connectivity index (χ1n) is 8.19. The fraction of sp³-hybridized carbons (Fsp3) is 0.875. The summed E-state index contributed by atoms with van der Waals surface area (Å²) in [6.45, 7) is 4.39. The van der Waals surface area contributed by atoms with Gasteiger partial charge in [-0.3, -0.25) is 9.59 Å². The molecule has 0 aromatic heterocycles. The number of hydrogen-bond donors (Lipinski definition) is 1. The molecule has 22 heavy (non-hydrogen) atoms. The largest absolute Gasteiger partial charge is 0.481 e. The van der Waals surface area contributed by atoms with Gasteiger partial charge in [0.05, 0.1) is 19.8 Å². The average molecular weight is 318 g/mol. The molecule has 0 saturated heterocycles. The molecule has 0 aliphatic carbocycles. The monoisotopic (exact) mass is 318 g/mol. The number of hydrogen-bond acceptors (Lipinski definition) is 5. The maximum Gasteiger partial charge on any atom is 0.305 e. The van der Waals surface area contributed by atoms with Crippen LogP contribution in [0.1, 0.15) is 58.3 Å². The van der Waals surface area contributed by atoms with Crippen molar-refractivity contribution < 1.29 is 28.9 Å². The van der Waals surface area contributed by atoms with Gasteiger partial charge in [0, 0.05) is 19.4 Å². The average Bonchev–Trinajstić information content (AvgIpc) is 2.48. The molecule has 0 atom stereocenters. The second-order valence-corrected chi connectivity index (χ2v) is 5.04. The van der Waals surface area contributed by atoms with E-state index in [4.69, 9.17) is 19.3 Å². The first-order valence-corrected chi connectivity index (χ1v) is 8.19. The molecule has 130 valence electrons. The first-order chi connectivity index (χ1) is 10.7. The molecule has 0 spiro atoms. The van der Waals surface area contributed by atoms with Crippen LogP contribution in [0.25, 0.3) is 0 Å². The Morgan fingerprint density at radius 3 is 1.95 bits per heavy atom. The fourth-order valence-corrected chi connectivity index (χ4v) is 1.90. The molecule has 0 fully saturated rings. The Bertz CT molecular complexity index is 280. The van der Waals surface area contributed by atoms with Crippen LogP contribution in [0.15, 0.2) is 0 Å². The first kappa shape index (κ1) is 20.9. The lowest BCUT2D eigenvalue weighted by molar-refractivity contribution is -0.145. The van der Waals surface area contributed by atoms with Crippen LogP contribution in [-0.2, 0) is 23.8 Å². The van der Waals surface area contributed by atoms with Crippen molar-refractivity contribution >= 4 is 11.9 Å². The molecule has 0 unspecified atom stereocenters. The summed E-state index contributed by atoms with van der Waals surface area (Å²) in [5.74, 6) is -0.913. The van der Waals surface area contributed by atoms with Crippen LogP contribution < -0.4 is 0 Å². The van der Waals surface area contributed by atoms with Crippen LogP contribution in [0.2, 0.25) is 0 Å². The number of ether oxygens (including phenoxy) is 3. The molecule has 0 amide bonds. The smallest absolute Gasteiger partial charge is 0.305 e. The van der Waals surface area contributed by atoms with E-state index in [1.807, 2.05) is 6.92 Å². The molecule has 0 radical (unpaired) electrons.